The molecule has 3 N–H and O–H groups in total. The molecule has 0 radical (unpaired) electrons. The van der Waals surface area contributed by atoms with Gasteiger partial charge in [-0.05, 0) is 42.7 Å². The van der Waals surface area contributed by atoms with Gasteiger partial charge in [0.25, 0.3) is 10.0 Å². The number of likely N-dealkylation sites (tertiary alicyclic amines) is 1. The first kappa shape index (κ1) is 20.5. The molecule has 30 heavy (non-hydrogen) atoms. The molecule has 1 atom stereocenters. The summed E-state index contributed by atoms with van der Waals surface area (Å²) in [5, 5.41) is 7.85. The summed E-state index contributed by atoms with van der Waals surface area (Å²) >= 11 is 0. The van der Waals surface area contributed by atoms with Crippen molar-refractivity contribution in [2.75, 3.05) is 11.9 Å². The zero-order valence-corrected chi connectivity index (χ0v) is 17.5. The number of carbonyl (C=O) groups is 1. The largest absolute Gasteiger partial charge is 0.343 e. The summed E-state index contributed by atoms with van der Waals surface area (Å²) in [6.07, 6.45) is 1.29. The number of benzene rings is 2. The van der Waals surface area contributed by atoms with E-state index < -0.39 is 26.1 Å². The number of nitrogens with two attached hydrogens (primary N) is 1. The molecular weight excluding hydrogens is 428 g/mol. The normalized spacial score (nSPS) is 20.0. The van der Waals surface area contributed by atoms with Gasteiger partial charge in [-0.1, -0.05) is 24.3 Å². The van der Waals surface area contributed by atoms with Gasteiger partial charge in [-0.15, -0.1) is 4.40 Å². The number of nitrogens with zero attached hydrogens (tertiary/aromatic N) is 2. The van der Waals surface area contributed by atoms with Crippen molar-refractivity contribution in [1.82, 2.24) is 4.90 Å². The van der Waals surface area contributed by atoms with Gasteiger partial charge < -0.3 is 10.2 Å². The zero-order chi connectivity index (χ0) is 21.5. The SMILES string of the molecule is NS(=O)(=O)Cc1ccc(NC(=O)[C@@H]2CCCN2C2=NS(=O)(=O)c3ccccc32)cc1. The fraction of sp³-hybridized carbons (Fsp3) is 0.263. The molecule has 2 aliphatic rings. The van der Waals surface area contributed by atoms with Crippen LogP contribution in [0.25, 0.3) is 0 Å². The lowest BCUT2D eigenvalue weighted by Gasteiger charge is -2.25. The second-order valence-corrected chi connectivity index (χ2v) is 10.4. The van der Waals surface area contributed by atoms with Crippen molar-refractivity contribution in [3.8, 4) is 0 Å². The van der Waals surface area contributed by atoms with Gasteiger partial charge in [-0.3, -0.25) is 4.79 Å². The van der Waals surface area contributed by atoms with Crippen LogP contribution in [0.1, 0.15) is 24.0 Å². The predicted octanol–water partition coefficient (Wildman–Crippen LogP) is 1.03. The highest BCUT2D eigenvalue weighted by atomic mass is 32.2. The summed E-state index contributed by atoms with van der Waals surface area (Å²) in [4.78, 5) is 14.8. The van der Waals surface area contributed by atoms with Crippen molar-refractivity contribution in [3.05, 3.63) is 59.7 Å². The molecule has 2 aromatic rings. The quantitative estimate of drug-likeness (QED) is 0.716. The molecule has 158 valence electrons. The van der Waals surface area contributed by atoms with Crippen LogP contribution in [-0.2, 0) is 30.6 Å². The molecule has 4 rings (SSSR count). The molecule has 0 aromatic heterocycles. The van der Waals surface area contributed by atoms with Gasteiger partial charge in [0.1, 0.15) is 10.9 Å². The topological polar surface area (TPSA) is 139 Å². The Kier molecular flexibility index (Phi) is 5.12. The highest BCUT2D eigenvalue weighted by Gasteiger charge is 2.39. The third kappa shape index (κ3) is 4.09. The number of rotatable bonds is 4. The second-order valence-electron chi connectivity index (χ2n) is 7.23. The molecule has 1 amide bonds. The van der Waals surface area contributed by atoms with Crippen LogP contribution in [0.2, 0.25) is 0 Å². The molecule has 1 fully saturated rings. The Balaban J connectivity index is 1.53. The second kappa shape index (κ2) is 7.49. The minimum Gasteiger partial charge on any atom is -0.343 e. The van der Waals surface area contributed by atoms with Crippen LogP contribution in [-0.4, -0.2) is 46.1 Å². The standard InChI is InChI=1S/C19H20N4O5S2/c20-29(25,26)12-13-7-9-14(10-8-13)21-19(24)16-5-3-11-23(16)18-15-4-1-2-6-17(15)30(27,28)22-18/h1-2,4,6-10,16H,3,5,11-12H2,(H,21,24)(H2,20,25,26)/t16-/m0/s1. The molecule has 0 aliphatic carbocycles. The highest BCUT2D eigenvalue weighted by Crippen LogP contribution is 2.31. The van der Waals surface area contributed by atoms with E-state index in [2.05, 4.69) is 9.71 Å². The first-order valence-electron chi connectivity index (χ1n) is 9.25. The van der Waals surface area contributed by atoms with E-state index in [0.29, 0.717) is 35.6 Å². The van der Waals surface area contributed by atoms with E-state index in [0.717, 1.165) is 6.42 Å². The fourth-order valence-electron chi connectivity index (χ4n) is 3.73. The monoisotopic (exact) mass is 448 g/mol. The fourth-order valence-corrected chi connectivity index (χ4v) is 5.60. The van der Waals surface area contributed by atoms with Crippen molar-refractivity contribution in [2.45, 2.75) is 29.5 Å². The maximum atomic E-state index is 12.9. The average molecular weight is 449 g/mol. The number of amides is 1. The van der Waals surface area contributed by atoms with E-state index in [1.807, 2.05) is 0 Å². The smallest absolute Gasteiger partial charge is 0.285 e. The summed E-state index contributed by atoms with van der Waals surface area (Å²) in [5.74, 6) is -0.270. The van der Waals surface area contributed by atoms with Crippen molar-refractivity contribution in [1.29, 1.82) is 0 Å². The maximum absolute atomic E-state index is 12.9. The van der Waals surface area contributed by atoms with E-state index in [4.69, 9.17) is 5.14 Å². The molecule has 0 saturated carbocycles. The number of hydrogen-bond acceptors (Lipinski definition) is 6. The van der Waals surface area contributed by atoms with Gasteiger partial charge in [-0.25, -0.2) is 13.6 Å². The van der Waals surface area contributed by atoms with Gasteiger partial charge in [0, 0.05) is 17.8 Å². The summed E-state index contributed by atoms with van der Waals surface area (Å²) in [5.41, 5.74) is 1.52. The zero-order valence-electron chi connectivity index (χ0n) is 15.9. The van der Waals surface area contributed by atoms with Crippen LogP contribution in [0.5, 0.6) is 0 Å². The Bertz CT molecular complexity index is 1240. The molecule has 0 unspecified atom stereocenters. The van der Waals surface area contributed by atoms with Crippen LogP contribution in [0.3, 0.4) is 0 Å². The van der Waals surface area contributed by atoms with Crippen LogP contribution in [0, 0.1) is 0 Å². The van der Waals surface area contributed by atoms with Crippen molar-refractivity contribution in [2.24, 2.45) is 9.54 Å². The number of primary sulfonamides is 1. The number of carbonyl (C=O) groups excluding carboxylic acids is 1. The summed E-state index contributed by atoms with van der Waals surface area (Å²) in [7, 11) is -7.40. The van der Waals surface area contributed by atoms with Crippen molar-refractivity contribution in [3.63, 3.8) is 0 Å². The van der Waals surface area contributed by atoms with Gasteiger partial charge >= 0.3 is 0 Å². The predicted molar refractivity (Wildman–Crippen MR) is 112 cm³/mol. The molecule has 1 saturated heterocycles. The molecule has 2 aliphatic heterocycles. The van der Waals surface area contributed by atoms with E-state index in [-0.39, 0.29) is 16.6 Å². The van der Waals surface area contributed by atoms with Crippen molar-refractivity contribution < 1.29 is 21.6 Å². The summed E-state index contributed by atoms with van der Waals surface area (Å²) < 4.78 is 51.0. The molecule has 2 aromatic carbocycles. The molecule has 2 heterocycles. The first-order valence-corrected chi connectivity index (χ1v) is 12.4. The van der Waals surface area contributed by atoms with Crippen LogP contribution in [0.4, 0.5) is 5.69 Å². The van der Waals surface area contributed by atoms with E-state index in [1.54, 1.807) is 47.4 Å². The van der Waals surface area contributed by atoms with E-state index >= 15 is 0 Å². The van der Waals surface area contributed by atoms with Crippen LogP contribution in [0.15, 0.2) is 57.8 Å². The van der Waals surface area contributed by atoms with Gasteiger partial charge in [0.2, 0.25) is 15.9 Å². The Morgan fingerprint density at radius 1 is 1.17 bits per heavy atom. The Morgan fingerprint density at radius 3 is 2.57 bits per heavy atom. The van der Waals surface area contributed by atoms with E-state index in [9.17, 15) is 21.6 Å². The molecule has 9 nitrogen and oxygen atoms in total. The lowest BCUT2D eigenvalue weighted by Crippen LogP contribution is -2.43. The molecule has 0 bridgehead atoms. The minimum atomic E-state index is -3.76. The summed E-state index contributed by atoms with van der Waals surface area (Å²) in [6.45, 7) is 0.522. The Labute approximate surface area is 174 Å². The maximum Gasteiger partial charge on any atom is 0.285 e. The van der Waals surface area contributed by atoms with Crippen molar-refractivity contribution >= 4 is 37.5 Å². The number of nitrogens with one attached hydrogen (secondary N) is 1. The molecule has 0 spiro atoms. The first-order chi connectivity index (χ1) is 14.1. The Morgan fingerprint density at radius 2 is 1.87 bits per heavy atom. The van der Waals surface area contributed by atoms with Gasteiger partial charge in [-0.2, -0.15) is 8.42 Å². The molecular formula is C19H20N4O5S2. The van der Waals surface area contributed by atoms with Gasteiger partial charge in [0.15, 0.2) is 5.84 Å². The lowest BCUT2D eigenvalue weighted by atomic mass is 10.1. The summed E-state index contributed by atoms with van der Waals surface area (Å²) in [6, 6.07) is 12.4. The number of fused-ring (bicyclic) bond motifs is 1. The number of anilines is 1. The number of hydrogen-bond donors (Lipinski definition) is 2. The average Bonchev–Trinajstić information content (AvgIpc) is 3.25. The lowest BCUT2D eigenvalue weighted by molar-refractivity contribution is -0.119. The highest BCUT2D eigenvalue weighted by molar-refractivity contribution is 7.90. The Hall–Kier alpha value is -2.76. The number of sulfonamides is 2. The van der Waals surface area contributed by atoms with Gasteiger partial charge in [0.05, 0.1) is 5.75 Å². The number of amidine groups is 1. The van der Waals surface area contributed by atoms with Crippen LogP contribution < -0.4 is 10.5 Å². The van der Waals surface area contributed by atoms with E-state index in [1.165, 1.54) is 6.07 Å². The third-order valence-corrected chi connectivity index (χ3v) is 7.09. The third-order valence-electron chi connectivity index (χ3n) is 5.03. The van der Waals surface area contributed by atoms with Crippen LogP contribution >= 0.6 is 0 Å². The minimum absolute atomic E-state index is 0.150. The molecule has 11 heteroatoms.